The third kappa shape index (κ3) is 7.97. The fourth-order valence-corrected chi connectivity index (χ4v) is 10.2. The monoisotopic (exact) mass is 877 g/mol. The quantitative estimate of drug-likeness (QED) is 0.124. The van der Waals surface area contributed by atoms with Gasteiger partial charge in [-0.2, -0.15) is 0 Å². The zero-order valence-electron chi connectivity index (χ0n) is 38.1. The van der Waals surface area contributed by atoms with Gasteiger partial charge in [-0.05, 0) is 142 Å². The average Bonchev–Trinajstić information content (AvgIpc) is 3.44. The number of benzene rings is 12. The Bertz CT molecular complexity index is 3700. The second-order valence-corrected chi connectivity index (χ2v) is 17.6. The number of hydrogen-bond acceptors (Lipinski definition) is 1. The fourth-order valence-electron chi connectivity index (χ4n) is 10.2. The van der Waals surface area contributed by atoms with E-state index in [-0.39, 0.29) is 0 Å². The molecule has 0 saturated heterocycles. The summed E-state index contributed by atoms with van der Waals surface area (Å²) in [7, 11) is 0. The summed E-state index contributed by atoms with van der Waals surface area (Å²) in [5, 5.41) is 4.99. The summed E-state index contributed by atoms with van der Waals surface area (Å²) in [6, 6.07) is 103. The third-order valence-electron chi connectivity index (χ3n) is 13.5. The summed E-state index contributed by atoms with van der Waals surface area (Å²) in [5.41, 5.74) is 20.2. The van der Waals surface area contributed by atoms with Crippen LogP contribution in [0.2, 0.25) is 0 Å². The van der Waals surface area contributed by atoms with Crippen LogP contribution in [0, 0.1) is 0 Å². The van der Waals surface area contributed by atoms with Crippen molar-refractivity contribution in [1.29, 1.82) is 0 Å². The van der Waals surface area contributed by atoms with E-state index in [4.69, 9.17) is 0 Å². The lowest BCUT2D eigenvalue weighted by molar-refractivity contribution is 1.28. The second kappa shape index (κ2) is 18.3. The highest BCUT2D eigenvalue weighted by atomic mass is 15.1. The van der Waals surface area contributed by atoms with Gasteiger partial charge in [-0.25, -0.2) is 0 Å². The minimum absolute atomic E-state index is 1.08. The largest absolute Gasteiger partial charge is 0.311 e. The van der Waals surface area contributed by atoms with Gasteiger partial charge in [-0.15, -0.1) is 0 Å². The van der Waals surface area contributed by atoms with Crippen molar-refractivity contribution in [2.45, 2.75) is 0 Å². The molecule has 0 unspecified atom stereocenters. The van der Waals surface area contributed by atoms with E-state index in [2.05, 4.69) is 290 Å². The van der Waals surface area contributed by atoms with Gasteiger partial charge in [0.15, 0.2) is 0 Å². The van der Waals surface area contributed by atoms with Gasteiger partial charge in [-0.3, -0.25) is 0 Å². The Morgan fingerprint density at radius 3 is 1.06 bits per heavy atom. The van der Waals surface area contributed by atoms with E-state index in [1.165, 1.54) is 99.4 Å². The third-order valence-corrected chi connectivity index (χ3v) is 13.5. The predicted molar refractivity (Wildman–Crippen MR) is 294 cm³/mol. The van der Waals surface area contributed by atoms with Gasteiger partial charge in [0.25, 0.3) is 0 Å². The maximum Gasteiger partial charge on any atom is 0.0462 e. The zero-order valence-corrected chi connectivity index (χ0v) is 38.1. The molecule has 0 spiro atoms. The molecule has 0 N–H and O–H groups in total. The summed E-state index contributed by atoms with van der Waals surface area (Å²) in [5.74, 6) is 0. The lowest BCUT2D eigenvalue weighted by atomic mass is 9.83. The Morgan fingerprint density at radius 2 is 0.536 bits per heavy atom. The molecule has 12 rings (SSSR count). The van der Waals surface area contributed by atoms with Gasteiger partial charge in [0.2, 0.25) is 0 Å². The van der Waals surface area contributed by atoms with E-state index in [1.807, 2.05) is 0 Å². The van der Waals surface area contributed by atoms with E-state index in [1.54, 1.807) is 0 Å². The van der Waals surface area contributed by atoms with Crippen molar-refractivity contribution in [2.24, 2.45) is 0 Å². The minimum Gasteiger partial charge on any atom is -0.311 e. The molecular weight excluding hydrogens is 831 g/mol. The van der Waals surface area contributed by atoms with E-state index in [9.17, 15) is 0 Å². The Hall–Kier alpha value is -9.04. The molecule has 12 aromatic rings. The minimum atomic E-state index is 1.08. The molecule has 0 fully saturated rings. The lowest BCUT2D eigenvalue weighted by Gasteiger charge is -2.26. The van der Waals surface area contributed by atoms with Crippen LogP contribution in [0.1, 0.15) is 0 Å². The van der Waals surface area contributed by atoms with Gasteiger partial charge in [-0.1, -0.05) is 243 Å². The second-order valence-electron chi connectivity index (χ2n) is 17.6. The first-order valence-electron chi connectivity index (χ1n) is 23.7. The summed E-state index contributed by atoms with van der Waals surface area (Å²) in [4.78, 5) is 2.37. The number of fused-ring (bicyclic) bond motifs is 3. The molecular formula is C68H47N. The van der Waals surface area contributed by atoms with Gasteiger partial charge >= 0.3 is 0 Å². The standard InChI is InChI=1S/C68H47N/c1-6-19-48(20-7-1)49-33-40-57(41-34-49)69(58-42-35-50(36-43-58)56-39-46-60(51-21-8-2-9-22-51)65(47-56)52-23-10-3-11-24-52)59-44-37-53(38-45-59)61-31-18-32-64-67(55-27-14-5-15-28-55)66(54-25-12-4-13-26-54)62-29-16-17-30-63(62)68(61)64/h1-47H. The highest BCUT2D eigenvalue weighted by molar-refractivity contribution is 6.25. The van der Waals surface area contributed by atoms with Gasteiger partial charge in [0.05, 0.1) is 0 Å². The van der Waals surface area contributed by atoms with Gasteiger partial charge in [0.1, 0.15) is 0 Å². The molecule has 0 aliphatic rings. The molecule has 1 heteroatoms. The molecule has 0 bridgehead atoms. The molecule has 1 nitrogen and oxygen atoms in total. The molecule has 0 aromatic heterocycles. The Balaban J connectivity index is 0.968. The molecule has 69 heavy (non-hydrogen) atoms. The van der Waals surface area contributed by atoms with Crippen molar-refractivity contribution in [3.63, 3.8) is 0 Å². The Kier molecular flexibility index (Phi) is 11.0. The summed E-state index contributed by atoms with van der Waals surface area (Å²) in [6.45, 7) is 0. The van der Waals surface area contributed by atoms with Gasteiger partial charge < -0.3 is 4.90 Å². The Labute approximate surface area is 404 Å². The van der Waals surface area contributed by atoms with Gasteiger partial charge in [0, 0.05) is 17.1 Å². The zero-order chi connectivity index (χ0) is 45.9. The van der Waals surface area contributed by atoms with Crippen LogP contribution in [0.4, 0.5) is 17.1 Å². The van der Waals surface area contributed by atoms with E-state index in [0.29, 0.717) is 0 Å². The number of nitrogens with zero attached hydrogens (tertiary/aromatic N) is 1. The van der Waals surface area contributed by atoms with Crippen molar-refractivity contribution in [1.82, 2.24) is 0 Å². The maximum absolute atomic E-state index is 2.37. The Morgan fingerprint density at radius 1 is 0.188 bits per heavy atom. The number of hydrogen-bond donors (Lipinski definition) is 0. The van der Waals surface area contributed by atoms with Crippen LogP contribution in [-0.4, -0.2) is 0 Å². The molecule has 0 heterocycles. The van der Waals surface area contributed by atoms with Crippen LogP contribution in [0.5, 0.6) is 0 Å². The summed E-state index contributed by atoms with van der Waals surface area (Å²) in [6.07, 6.45) is 0. The first-order valence-corrected chi connectivity index (χ1v) is 23.7. The number of anilines is 3. The molecule has 0 saturated carbocycles. The number of rotatable bonds is 10. The highest BCUT2D eigenvalue weighted by Gasteiger charge is 2.21. The predicted octanol–water partition coefficient (Wildman–Crippen LogP) is 19.1. The fraction of sp³-hybridized carbons (Fsp3) is 0. The topological polar surface area (TPSA) is 3.24 Å². The molecule has 0 amide bonds. The van der Waals surface area contributed by atoms with E-state index < -0.39 is 0 Å². The molecule has 12 aromatic carbocycles. The highest BCUT2D eigenvalue weighted by Crippen LogP contribution is 2.48. The van der Waals surface area contributed by atoms with Crippen molar-refractivity contribution >= 4 is 38.6 Å². The summed E-state index contributed by atoms with van der Waals surface area (Å²) < 4.78 is 0. The van der Waals surface area contributed by atoms with Crippen molar-refractivity contribution < 1.29 is 0 Å². The van der Waals surface area contributed by atoms with Crippen molar-refractivity contribution in [3.05, 3.63) is 285 Å². The molecule has 324 valence electrons. The van der Waals surface area contributed by atoms with Crippen LogP contribution < -0.4 is 4.90 Å². The van der Waals surface area contributed by atoms with E-state index >= 15 is 0 Å². The molecule has 0 aliphatic carbocycles. The van der Waals surface area contributed by atoms with Crippen molar-refractivity contribution in [2.75, 3.05) is 4.90 Å². The summed E-state index contributed by atoms with van der Waals surface area (Å²) >= 11 is 0. The molecule has 0 atom stereocenters. The normalized spacial score (nSPS) is 11.2. The lowest BCUT2D eigenvalue weighted by Crippen LogP contribution is -2.09. The smallest absolute Gasteiger partial charge is 0.0462 e. The van der Waals surface area contributed by atoms with Crippen LogP contribution >= 0.6 is 0 Å². The maximum atomic E-state index is 2.37. The van der Waals surface area contributed by atoms with Crippen LogP contribution in [-0.2, 0) is 0 Å². The SMILES string of the molecule is c1ccc(-c2ccc(N(c3ccc(-c4ccc(-c5ccccc5)c(-c5ccccc5)c4)cc3)c3ccc(-c4cccc5c(-c6ccccc6)c(-c6ccccc6)c6ccccc6c45)cc3)cc2)cc1. The van der Waals surface area contributed by atoms with Crippen LogP contribution in [0.15, 0.2) is 285 Å². The van der Waals surface area contributed by atoms with Crippen LogP contribution in [0.25, 0.3) is 99.4 Å². The van der Waals surface area contributed by atoms with Crippen molar-refractivity contribution in [3.8, 4) is 77.9 Å². The first-order chi connectivity index (χ1) is 34.2. The first kappa shape index (κ1) is 41.4. The van der Waals surface area contributed by atoms with E-state index in [0.717, 1.165) is 17.1 Å². The van der Waals surface area contributed by atoms with Crippen LogP contribution in [0.3, 0.4) is 0 Å². The molecule has 0 radical (unpaired) electrons. The average molecular weight is 878 g/mol. The molecule has 0 aliphatic heterocycles.